The highest BCUT2D eigenvalue weighted by molar-refractivity contribution is 6.03. The summed E-state index contributed by atoms with van der Waals surface area (Å²) in [5.41, 5.74) is 3.96. The molecule has 2 amide bonds. The van der Waals surface area contributed by atoms with Crippen molar-refractivity contribution in [3.05, 3.63) is 59.7 Å². The van der Waals surface area contributed by atoms with E-state index in [-0.39, 0.29) is 23.7 Å². The fourth-order valence-electron chi connectivity index (χ4n) is 3.44. The van der Waals surface area contributed by atoms with Gasteiger partial charge in [-0.2, -0.15) is 0 Å². The smallest absolute Gasteiger partial charge is 0.228 e. The van der Waals surface area contributed by atoms with Crippen LogP contribution in [-0.4, -0.2) is 11.8 Å². The molecule has 27 heavy (non-hydrogen) atoms. The van der Waals surface area contributed by atoms with Gasteiger partial charge in [-0.05, 0) is 41.5 Å². The van der Waals surface area contributed by atoms with Gasteiger partial charge in [0.15, 0.2) is 0 Å². The Morgan fingerprint density at radius 1 is 0.778 bits per heavy atom. The molecule has 2 aromatic rings. The van der Waals surface area contributed by atoms with Gasteiger partial charge < -0.3 is 10.6 Å². The molecule has 0 aromatic heterocycles. The Labute approximate surface area is 161 Å². The van der Waals surface area contributed by atoms with Crippen LogP contribution in [0.25, 0.3) is 0 Å². The highest BCUT2D eigenvalue weighted by Crippen LogP contribution is 2.41. The van der Waals surface area contributed by atoms with Gasteiger partial charge in [-0.3, -0.25) is 9.59 Å². The maximum absolute atomic E-state index is 12.8. The number of para-hydroxylation sites is 2. The second kappa shape index (κ2) is 7.95. The van der Waals surface area contributed by atoms with E-state index >= 15 is 0 Å². The molecule has 1 aliphatic carbocycles. The molecule has 2 aromatic carbocycles. The van der Waals surface area contributed by atoms with Crippen molar-refractivity contribution in [2.75, 3.05) is 10.6 Å². The van der Waals surface area contributed by atoms with Crippen molar-refractivity contribution in [1.82, 2.24) is 0 Å². The number of hydrogen-bond acceptors (Lipinski definition) is 2. The van der Waals surface area contributed by atoms with Crippen molar-refractivity contribution in [2.45, 2.75) is 46.0 Å². The summed E-state index contributed by atoms with van der Waals surface area (Å²) in [7, 11) is 0. The van der Waals surface area contributed by atoms with Gasteiger partial charge in [-0.15, -0.1) is 0 Å². The summed E-state index contributed by atoms with van der Waals surface area (Å²) >= 11 is 0. The first kappa shape index (κ1) is 19.2. The van der Waals surface area contributed by atoms with E-state index in [2.05, 4.69) is 50.5 Å². The molecule has 3 rings (SSSR count). The van der Waals surface area contributed by atoms with E-state index in [0.717, 1.165) is 22.5 Å². The van der Waals surface area contributed by atoms with Crippen molar-refractivity contribution >= 4 is 23.2 Å². The maximum Gasteiger partial charge on any atom is 0.228 e. The predicted molar refractivity (Wildman–Crippen MR) is 110 cm³/mol. The number of amides is 2. The molecular weight excluding hydrogens is 336 g/mol. The third-order valence-corrected chi connectivity index (χ3v) is 5.13. The lowest BCUT2D eigenvalue weighted by atomic mass is 9.92. The highest BCUT2D eigenvalue weighted by atomic mass is 16.2. The van der Waals surface area contributed by atoms with Gasteiger partial charge in [-0.1, -0.05) is 64.1 Å². The molecule has 2 atom stereocenters. The SMILES string of the molecule is CC(C)c1cccc(C(C)C)c1NC(=O)C1CC1C(=O)Nc1ccccc1. The molecule has 0 saturated heterocycles. The number of rotatable bonds is 6. The molecular formula is C23H28N2O2. The van der Waals surface area contributed by atoms with Crippen LogP contribution in [0.4, 0.5) is 11.4 Å². The largest absolute Gasteiger partial charge is 0.326 e. The van der Waals surface area contributed by atoms with Crippen LogP contribution < -0.4 is 10.6 Å². The van der Waals surface area contributed by atoms with Crippen LogP contribution in [0.3, 0.4) is 0 Å². The van der Waals surface area contributed by atoms with Gasteiger partial charge >= 0.3 is 0 Å². The second-order valence-electron chi connectivity index (χ2n) is 7.91. The number of nitrogens with one attached hydrogen (secondary N) is 2. The zero-order valence-electron chi connectivity index (χ0n) is 16.5. The third kappa shape index (κ3) is 4.38. The summed E-state index contributed by atoms with van der Waals surface area (Å²) in [5, 5.41) is 6.03. The Bertz CT molecular complexity index is 801. The molecule has 142 valence electrons. The maximum atomic E-state index is 12.8. The quantitative estimate of drug-likeness (QED) is 0.745. The molecule has 2 unspecified atom stereocenters. The summed E-state index contributed by atoms with van der Waals surface area (Å²) in [6.07, 6.45) is 0.603. The van der Waals surface area contributed by atoms with Crippen molar-refractivity contribution < 1.29 is 9.59 Å². The highest BCUT2D eigenvalue weighted by Gasteiger charge is 2.48. The minimum Gasteiger partial charge on any atom is -0.326 e. The molecule has 1 aliphatic rings. The van der Waals surface area contributed by atoms with E-state index < -0.39 is 0 Å². The van der Waals surface area contributed by atoms with Gasteiger partial charge in [-0.25, -0.2) is 0 Å². The van der Waals surface area contributed by atoms with Gasteiger partial charge in [0.05, 0.1) is 11.8 Å². The molecule has 0 spiro atoms. The van der Waals surface area contributed by atoms with Gasteiger partial charge in [0.1, 0.15) is 0 Å². The fraction of sp³-hybridized carbons (Fsp3) is 0.391. The van der Waals surface area contributed by atoms with E-state index in [1.165, 1.54) is 0 Å². The Balaban J connectivity index is 1.69. The molecule has 0 bridgehead atoms. The Kier molecular flexibility index (Phi) is 5.64. The Hall–Kier alpha value is -2.62. The normalized spacial score (nSPS) is 18.4. The summed E-state index contributed by atoms with van der Waals surface area (Å²) < 4.78 is 0. The lowest BCUT2D eigenvalue weighted by molar-refractivity contribution is -0.122. The van der Waals surface area contributed by atoms with Crippen LogP contribution in [0, 0.1) is 11.8 Å². The van der Waals surface area contributed by atoms with Crippen molar-refractivity contribution in [1.29, 1.82) is 0 Å². The molecule has 0 aliphatic heterocycles. The van der Waals surface area contributed by atoms with Gasteiger partial charge in [0.25, 0.3) is 0 Å². The van der Waals surface area contributed by atoms with E-state index in [9.17, 15) is 9.59 Å². The second-order valence-corrected chi connectivity index (χ2v) is 7.91. The Morgan fingerprint density at radius 3 is 1.81 bits per heavy atom. The average Bonchev–Trinajstić information content (AvgIpc) is 3.43. The van der Waals surface area contributed by atoms with E-state index in [1.807, 2.05) is 36.4 Å². The van der Waals surface area contributed by atoms with E-state index in [4.69, 9.17) is 0 Å². The topological polar surface area (TPSA) is 58.2 Å². The van der Waals surface area contributed by atoms with E-state index in [1.54, 1.807) is 0 Å². The zero-order valence-corrected chi connectivity index (χ0v) is 16.5. The standard InChI is InChI=1S/C23H28N2O2/c1-14(2)17-11-8-12-18(15(3)4)21(17)25-23(27)20-13-19(20)22(26)24-16-9-6-5-7-10-16/h5-12,14-15,19-20H,13H2,1-4H3,(H,24,26)(H,25,27). The number of carbonyl (C=O) groups excluding carboxylic acids is 2. The van der Waals surface area contributed by atoms with Crippen LogP contribution in [-0.2, 0) is 9.59 Å². The molecule has 4 nitrogen and oxygen atoms in total. The molecule has 1 fully saturated rings. The first-order valence-electron chi connectivity index (χ1n) is 9.68. The minimum absolute atomic E-state index is 0.0572. The van der Waals surface area contributed by atoms with Crippen LogP contribution in [0.5, 0.6) is 0 Å². The van der Waals surface area contributed by atoms with Crippen LogP contribution in [0.1, 0.15) is 57.1 Å². The van der Waals surface area contributed by atoms with Crippen LogP contribution >= 0.6 is 0 Å². The molecule has 0 radical (unpaired) electrons. The average molecular weight is 364 g/mol. The number of anilines is 2. The number of hydrogen-bond donors (Lipinski definition) is 2. The minimum atomic E-state index is -0.256. The monoisotopic (exact) mass is 364 g/mol. The zero-order chi connectivity index (χ0) is 19.6. The number of carbonyl (C=O) groups is 2. The van der Waals surface area contributed by atoms with Gasteiger partial charge in [0, 0.05) is 11.4 Å². The third-order valence-electron chi connectivity index (χ3n) is 5.13. The van der Waals surface area contributed by atoms with Crippen LogP contribution in [0.2, 0.25) is 0 Å². The molecule has 0 heterocycles. The first-order chi connectivity index (χ1) is 12.9. The van der Waals surface area contributed by atoms with Crippen molar-refractivity contribution in [3.8, 4) is 0 Å². The van der Waals surface area contributed by atoms with Crippen LogP contribution in [0.15, 0.2) is 48.5 Å². The predicted octanol–water partition coefficient (Wildman–Crippen LogP) is 5.15. The van der Waals surface area contributed by atoms with E-state index in [0.29, 0.717) is 18.3 Å². The summed E-state index contributed by atoms with van der Waals surface area (Å²) in [4.78, 5) is 25.2. The molecule has 4 heteroatoms. The number of benzene rings is 2. The lowest BCUT2D eigenvalue weighted by Crippen LogP contribution is -2.22. The lowest BCUT2D eigenvalue weighted by Gasteiger charge is -2.20. The Morgan fingerprint density at radius 2 is 1.30 bits per heavy atom. The fourth-order valence-corrected chi connectivity index (χ4v) is 3.44. The van der Waals surface area contributed by atoms with Crippen molar-refractivity contribution in [3.63, 3.8) is 0 Å². The summed E-state index contributed by atoms with van der Waals surface area (Å²) in [6.45, 7) is 8.51. The first-order valence-corrected chi connectivity index (χ1v) is 9.68. The summed E-state index contributed by atoms with van der Waals surface area (Å²) in [6, 6.07) is 15.5. The van der Waals surface area contributed by atoms with Crippen molar-refractivity contribution in [2.24, 2.45) is 11.8 Å². The summed E-state index contributed by atoms with van der Waals surface area (Å²) in [5.74, 6) is -0.0144. The van der Waals surface area contributed by atoms with Gasteiger partial charge in [0.2, 0.25) is 11.8 Å². The molecule has 1 saturated carbocycles. The molecule has 2 N–H and O–H groups in total.